The number of fused-ring (bicyclic) bond motifs is 5. The summed E-state index contributed by atoms with van der Waals surface area (Å²) in [7, 11) is 0. The number of nitrogens with one attached hydrogen (secondary N) is 1. The van der Waals surface area contributed by atoms with Gasteiger partial charge in [0.05, 0.1) is 27.8 Å². The predicted octanol–water partition coefficient (Wildman–Crippen LogP) is 7.55. The van der Waals surface area contributed by atoms with Crippen LogP contribution in [0.2, 0.25) is 0 Å². The lowest BCUT2D eigenvalue weighted by atomic mass is 10.1. The Bertz CT molecular complexity index is 2100. The molecule has 4 aromatic heterocycles. The molecule has 6 heteroatoms. The lowest BCUT2D eigenvalue weighted by Crippen LogP contribution is -2.10. The van der Waals surface area contributed by atoms with Gasteiger partial charge in [-0.25, -0.2) is 9.97 Å². The highest BCUT2D eigenvalue weighted by molar-refractivity contribution is 6.19. The number of hydrogen-bond donors (Lipinski definition) is 1. The lowest BCUT2D eigenvalue weighted by molar-refractivity contribution is 0.635. The quantitative estimate of drug-likeness (QED) is 0.261. The van der Waals surface area contributed by atoms with Crippen LogP contribution in [0.5, 0.6) is 0 Å². The molecule has 0 unspecified atom stereocenters. The second kappa shape index (κ2) is 9.06. The fourth-order valence-corrected chi connectivity index (χ4v) is 5.51. The molecule has 1 aliphatic rings. The van der Waals surface area contributed by atoms with E-state index >= 15 is 0 Å². The first-order chi connectivity index (χ1) is 19.8. The molecule has 7 aromatic rings. The van der Waals surface area contributed by atoms with E-state index in [-0.39, 0.29) is 0 Å². The number of rotatable bonds is 4. The Hall–Kier alpha value is -5.49. The van der Waals surface area contributed by atoms with Gasteiger partial charge in [0.25, 0.3) is 0 Å². The van der Waals surface area contributed by atoms with Crippen molar-refractivity contribution in [3.8, 4) is 28.5 Å². The molecule has 190 valence electrons. The first-order valence-corrected chi connectivity index (χ1v) is 13.2. The van der Waals surface area contributed by atoms with Crippen molar-refractivity contribution in [1.82, 2.24) is 24.8 Å². The normalized spacial score (nSPS) is 13.2. The van der Waals surface area contributed by atoms with Gasteiger partial charge in [-0.1, -0.05) is 54.6 Å². The van der Waals surface area contributed by atoms with Crippen LogP contribution in [0.25, 0.3) is 66.9 Å². The van der Waals surface area contributed by atoms with Crippen LogP contribution in [0, 0.1) is 0 Å². The maximum Gasteiger partial charge on any atom is 0.235 e. The molecule has 0 amide bonds. The largest absolute Gasteiger partial charge is 0.455 e. The fourth-order valence-electron chi connectivity index (χ4n) is 5.51. The van der Waals surface area contributed by atoms with Crippen molar-refractivity contribution in [3.05, 3.63) is 127 Å². The van der Waals surface area contributed by atoms with E-state index in [1.807, 2.05) is 42.6 Å². The second-order valence-electron chi connectivity index (χ2n) is 9.78. The van der Waals surface area contributed by atoms with E-state index in [2.05, 4.69) is 81.6 Å². The van der Waals surface area contributed by atoms with Gasteiger partial charge in [-0.05, 0) is 60.3 Å². The summed E-state index contributed by atoms with van der Waals surface area (Å²) in [5.74, 6) is 1.46. The second-order valence-corrected chi connectivity index (χ2v) is 9.78. The molecule has 0 spiro atoms. The molecule has 1 N–H and O–H groups in total. The number of pyridine rings is 1. The topological polar surface area (TPSA) is 68.8 Å². The van der Waals surface area contributed by atoms with Crippen molar-refractivity contribution in [1.29, 1.82) is 0 Å². The van der Waals surface area contributed by atoms with Gasteiger partial charge in [0.1, 0.15) is 11.3 Å². The summed E-state index contributed by atoms with van der Waals surface area (Å²) in [4.78, 5) is 14.4. The summed E-state index contributed by atoms with van der Waals surface area (Å²) in [5, 5.41) is 6.44. The van der Waals surface area contributed by atoms with E-state index in [0.29, 0.717) is 5.95 Å². The van der Waals surface area contributed by atoms with Gasteiger partial charge in [0.2, 0.25) is 5.95 Å². The van der Waals surface area contributed by atoms with Gasteiger partial charge in [-0.15, -0.1) is 0 Å². The molecule has 0 radical (unpaired) electrons. The number of aromatic nitrogens is 4. The molecule has 8 rings (SSSR count). The third-order valence-corrected chi connectivity index (χ3v) is 7.39. The van der Waals surface area contributed by atoms with Gasteiger partial charge in [-0.3, -0.25) is 9.55 Å². The molecular weight excluding hydrogens is 494 g/mol. The third kappa shape index (κ3) is 3.61. The minimum atomic E-state index is 0.609. The van der Waals surface area contributed by atoms with E-state index < -0.39 is 0 Å². The zero-order valence-corrected chi connectivity index (χ0v) is 21.5. The summed E-state index contributed by atoms with van der Waals surface area (Å²) < 4.78 is 8.70. The third-order valence-electron chi connectivity index (χ3n) is 7.39. The Morgan fingerprint density at radius 1 is 0.750 bits per heavy atom. The first kappa shape index (κ1) is 22.5. The summed E-state index contributed by atoms with van der Waals surface area (Å²) in [6.07, 6.45) is 9.74. The predicted molar refractivity (Wildman–Crippen MR) is 160 cm³/mol. The molecule has 3 aromatic carbocycles. The van der Waals surface area contributed by atoms with Gasteiger partial charge in [-0.2, -0.15) is 0 Å². The number of hydrogen-bond acceptors (Lipinski definition) is 5. The minimum Gasteiger partial charge on any atom is -0.455 e. The zero-order valence-electron chi connectivity index (χ0n) is 21.5. The standard InChI is InChI=1S/C34H23N5O/c1-2-6-24(7-3-1)31-20-25-10-11-30-32(33(25)40-31)26-8-4-5-9-29(26)39(30)34-37-27(22-12-16-35-17-13-22)21-28(38-34)23-14-18-36-19-15-23/h1-18,20-21,36H,19H2. The van der Waals surface area contributed by atoms with Crippen molar-refractivity contribution in [3.63, 3.8) is 0 Å². The van der Waals surface area contributed by atoms with Crippen molar-refractivity contribution in [2.75, 3.05) is 6.54 Å². The van der Waals surface area contributed by atoms with Crippen LogP contribution in [0.1, 0.15) is 5.69 Å². The average Bonchev–Trinajstić information content (AvgIpc) is 3.62. The number of nitrogens with zero attached hydrogens (tertiary/aromatic N) is 4. The molecule has 5 heterocycles. The van der Waals surface area contributed by atoms with Crippen LogP contribution in [0.3, 0.4) is 0 Å². The van der Waals surface area contributed by atoms with Crippen LogP contribution < -0.4 is 5.32 Å². The van der Waals surface area contributed by atoms with Crippen LogP contribution in [-0.2, 0) is 0 Å². The average molecular weight is 518 g/mol. The van der Waals surface area contributed by atoms with Crippen LogP contribution in [0.4, 0.5) is 0 Å². The Morgan fingerprint density at radius 2 is 1.57 bits per heavy atom. The highest BCUT2D eigenvalue weighted by atomic mass is 16.3. The molecule has 0 saturated heterocycles. The molecule has 40 heavy (non-hydrogen) atoms. The van der Waals surface area contributed by atoms with Crippen LogP contribution >= 0.6 is 0 Å². The van der Waals surface area contributed by atoms with Crippen molar-refractivity contribution >= 4 is 38.3 Å². The SMILES string of the molecule is C1=CC(c2cc(-c3ccncc3)nc(-n3c4ccccc4c4c5oc(-c6ccccc6)cc5ccc43)n2)=CCN1. The Kier molecular flexibility index (Phi) is 5.10. The summed E-state index contributed by atoms with van der Waals surface area (Å²) in [6.45, 7) is 0.755. The fraction of sp³-hybridized carbons (Fsp3) is 0.0294. The van der Waals surface area contributed by atoms with Crippen LogP contribution in [0.15, 0.2) is 126 Å². The highest BCUT2D eigenvalue weighted by Crippen LogP contribution is 2.39. The Balaban J connectivity index is 1.42. The maximum atomic E-state index is 6.55. The molecule has 0 bridgehead atoms. The maximum absolute atomic E-state index is 6.55. The molecule has 0 atom stereocenters. The van der Waals surface area contributed by atoms with E-state index in [1.54, 1.807) is 12.4 Å². The van der Waals surface area contributed by atoms with E-state index in [1.165, 1.54) is 0 Å². The number of allylic oxidation sites excluding steroid dienone is 2. The van der Waals surface area contributed by atoms with Gasteiger partial charge in [0, 0.05) is 40.8 Å². The zero-order chi connectivity index (χ0) is 26.5. The Morgan fingerprint density at radius 3 is 2.42 bits per heavy atom. The Labute approximate surface area is 230 Å². The summed E-state index contributed by atoms with van der Waals surface area (Å²) in [5.41, 5.74) is 7.68. The first-order valence-electron chi connectivity index (χ1n) is 13.2. The molecule has 0 saturated carbocycles. The number of furan rings is 1. The van der Waals surface area contributed by atoms with E-state index in [9.17, 15) is 0 Å². The lowest BCUT2D eigenvalue weighted by Gasteiger charge is -2.13. The van der Waals surface area contributed by atoms with Crippen molar-refractivity contribution in [2.45, 2.75) is 0 Å². The number of dihydropyridines is 1. The van der Waals surface area contributed by atoms with Gasteiger partial charge >= 0.3 is 0 Å². The minimum absolute atomic E-state index is 0.609. The van der Waals surface area contributed by atoms with Gasteiger partial charge in [0.15, 0.2) is 0 Å². The molecule has 6 nitrogen and oxygen atoms in total. The van der Waals surface area contributed by atoms with Crippen molar-refractivity contribution < 1.29 is 4.42 Å². The van der Waals surface area contributed by atoms with Crippen LogP contribution in [-0.4, -0.2) is 26.1 Å². The van der Waals surface area contributed by atoms with Crippen molar-refractivity contribution in [2.24, 2.45) is 0 Å². The molecule has 0 fully saturated rings. The summed E-state index contributed by atoms with van der Waals surface area (Å²) in [6, 6.07) is 31.0. The summed E-state index contributed by atoms with van der Waals surface area (Å²) >= 11 is 0. The van der Waals surface area contributed by atoms with E-state index in [0.717, 1.165) is 73.2 Å². The monoisotopic (exact) mass is 517 g/mol. The molecule has 0 aliphatic carbocycles. The highest BCUT2D eigenvalue weighted by Gasteiger charge is 2.20. The molecule has 1 aliphatic heterocycles. The smallest absolute Gasteiger partial charge is 0.235 e. The van der Waals surface area contributed by atoms with Gasteiger partial charge < -0.3 is 9.73 Å². The number of para-hydroxylation sites is 1. The molecular formula is C34H23N5O. The van der Waals surface area contributed by atoms with E-state index in [4.69, 9.17) is 14.4 Å². The number of benzene rings is 3.